The molecule has 132 valence electrons. The average molecular weight is 349 g/mol. The van der Waals surface area contributed by atoms with Crippen LogP contribution in [0.4, 0.5) is 0 Å². The summed E-state index contributed by atoms with van der Waals surface area (Å²) < 4.78 is 5.36. The van der Waals surface area contributed by atoms with Gasteiger partial charge in [0.25, 0.3) is 5.91 Å². The number of hydrogen-bond donors (Lipinski definition) is 2. The maximum atomic E-state index is 12.2. The normalized spacial score (nSPS) is 10.3. The van der Waals surface area contributed by atoms with Gasteiger partial charge in [0.05, 0.1) is 18.5 Å². The maximum Gasteiger partial charge on any atom is 0.288 e. The number of fused-ring (bicyclic) bond motifs is 1. The Kier molecular flexibility index (Phi) is 5.43. The Morgan fingerprint density at radius 1 is 0.962 bits per heavy atom. The number of nitrogens with zero attached hydrogens (tertiary/aromatic N) is 1. The maximum absolute atomic E-state index is 12.2. The second-order valence-corrected chi connectivity index (χ2v) is 5.65. The van der Waals surface area contributed by atoms with E-state index in [4.69, 9.17) is 4.74 Å². The molecule has 3 aromatic rings. The van der Waals surface area contributed by atoms with Crippen molar-refractivity contribution in [3.63, 3.8) is 0 Å². The summed E-state index contributed by atoms with van der Waals surface area (Å²) in [4.78, 5) is 28.4. The van der Waals surface area contributed by atoms with E-state index in [0.29, 0.717) is 6.61 Å². The van der Waals surface area contributed by atoms with Crippen LogP contribution in [0.5, 0.6) is 5.75 Å². The lowest BCUT2D eigenvalue weighted by Gasteiger charge is -2.08. The molecular weight excluding hydrogens is 330 g/mol. The highest BCUT2D eigenvalue weighted by Gasteiger charge is 2.10. The summed E-state index contributed by atoms with van der Waals surface area (Å²) in [5.41, 5.74) is 6.58. The van der Waals surface area contributed by atoms with E-state index >= 15 is 0 Å². The number of amides is 2. The van der Waals surface area contributed by atoms with Crippen LogP contribution in [-0.2, 0) is 11.2 Å². The van der Waals surface area contributed by atoms with Crippen molar-refractivity contribution in [3.05, 3.63) is 71.9 Å². The number of pyridine rings is 1. The quantitative estimate of drug-likeness (QED) is 0.694. The lowest BCUT2D eigenvalue weighted by molar-refractivity contribution is -0.121. The van der Waals surface area contributed by atoms with Gasteiger partial charge in [-0.3, -0.25) is 20.4 Å². The van der Waals surface area contributed by atoms with E-state index in [2.05, 4.69) is 15.8 Å². The van der Waals surface area contributed by atoms with Crippen LogP contribution in [0.25, 0.3) is 10.9 Å². The Hall–Kier alpha value is -3.41. The zero-order chi connectivity index (χ0) is 18.4. The number of rotatable bonds is 5. The fraction of sp³-hybridized carbons (Fsp3) is 0.150. The van der Waals surface area contributed by atoms with Gasteiger partial charge in [-0.2, -0.15) is 0 Å². The molecule has 0 radical (unpaired) electrons. The molecule has 6 heteroatoms. The second-order valence-electron chi connectivity index (χ2n) is 5.65. The van der Waals surface area contributed by atoms with Gasteiger partial charge in [-0.15, -0.1) is 0 Å². The number of hydrogen-bond acceptors (Lipinski definition) is 4. The van der Waals surface area contributed by atoms with Crippen molar-refractivity contribution in [1.29, 1.82) is 0 Å². The predicted molar refractivity (Wildman–Crippen MR) is 98.7 cm³/mol. The van der Waals surface area contributed by atoms with Gasteiger partial charge in [0.15, 0.2) is 0 Å². The first-order valence-corrected chi connectivity index (χ1v) is 8.32. The average Bonchev–Trinajstić information content (AvgIpc) is 2.67. The van der Waals surface area contributed by atoms with Gasteiger partial charge in [0.1, 0.15) is 11.4 Å². The Balaban J connectivity index is 1.55. The summed E-state index contributed by atoms with van der Waals surface area (Å²) in [5, 5.41) is 0.948. The summed E-state index contributed by atoms with van der Waals surface area (Å²) in [6.07, 6.45) is 0.151. The van der Waals surface area contributed by atoms with Crippen LogP contribution in [0.3, 0.4) is 0 Å². The molecular formula is C20H19N3O3. The van der Waals surface area contributed by atoms with Gasteiger partial charge < -0.3 is 4.74 Å². The third-order valence-electron chi connectivity index (χ3n) is 3.75. The van der Waals surface area contributed by atoms with Crippen LogP contribution in [-0.4, -0.2) is 23.4 Å². The lowest BCUT2D eigenvalue weighted by atomic mass is 10.1. The second kappa shape index (κ2) is 8.11. The molecule has 3 rings (SSSR count). The van der Waals surface area contributed by atoms with E-state index in [1.807, 2.05) is 61.5 Å². The molecule has 0 spiro atoms. The monoisotopic (exact) mass is 349 g/mol. The molecule has 0 aliphatic rings. The van der Waals surface area contributed by atoms with Gasteiger partial charge >= 0.3 is 0 Å². The molecule has 0 fully saturated rings. The minimum Gasteiger partial charge on any atom is -0.494 e. The largest absolute Gasteiger partial charge is 0.494 e. The third kappa shape index (κ3) is 4.36. The number of aromatic nitrogens is 1. The van der Waals surface area contributed by atoms with Crippen molar-refractivity contribution in [2.24, 2.45) is 0 Å². The van der Waals surface area contributed by atoms with E-state index in [9.17, 15) is 9.59 Å². The van der Waals surface area contributed by atoms with Crippen LogP contribution < -0.4 is 15.6 Å². The van der Waals surface area contributed by atoms with Crippen molar-refractivity contribution < 1.29 is 14.3 Å². The Labute approximate surface area is 151 Å². The molecule has 0 unspecified atom stereocenters. The molecule has 0 atom stereocenters. The van der Waals surface area contributed by atoms with Crippen LogP contribution >= 0.6 is 0 Å². The van der Waals surface area contributed by atoms with Crippen molar-refractivity contribution >= 4 is 22.7 Å². The lowest BCUT2D eigenvalue weighted by Crippen LogP contribution is -2.42. The van der Waals surface area contributed by atoms with Gasteiger partial charge in [0.2, 0.25) is 5.91 Å². The topological polar surface area (TPSA) is 80.3 Å². The van der Waals surface area contributed by atoms with E-state index in [-0.39, 0.29) is 18.0 Å². The number of para-hydroxylation sites is 1. The van der Waals surface area contributed by atoms with Crippen LogP contribution in [0.1, 0.15) is 23.0 Å². The molecule has 2 amide bonds. The summed E-state index contributed by atoms with van der Waals surface area (Å²) in [6.45, 7) is 2.50. The molecule has 1 aromatic heterocycles. The van der Waals surface area contributed by atoms with Gasteiger partial charge in [0, 0.05) is 5.39 Å². The van der Waals surface area contributed by atoms with Crippen molar-refractivity contribution in [3.8, 4) is 5.75 Å². The Morgan fingerprint density at radius 2 is 1.73 bits per heavy atom. The number of carbonyl (C=O) groups excluding carboxylic acids is 2. The molecule has 0 aliphatic heterocycles. The Bertz CT molecular complexity index is 923. The zero-order valence-corrected chi connectivity index (χ0v) is 14.4. The van der Waals surface area contributed by atoms with Crippen LogP contribution in [0.2, 0.25) is 0 Å². The minimum absolute atomic E-state index is 0.151. The number of benzene rings is 2. The molecule has 2 aromatic carbocycles. The molecule has 6 nitrogen and oxygen atoms in total. The van der Waals surface area contributed by atoms with Crippen LogP contribution in [0, 0.1) is 0 Å². The molecule has 26 heavy (non-hydrogen) atoms. The van der Waals surface area contributed by atoms with E-state index in [1.165, 1.54) is 0 Å². The van der Waals surface area contributed by atoms with Gasteiger partial charge in [-0.1, -0.05) is 36.4 Å². The number of hydrazine groups is 1. The first-order chi connectivity index (χ1) is 12.7. The fourth-order valence-corrected chi connectivity index (χ4v) is 2.48. The van der Waals surface area contributed by atoms with Crippen molar-refractivity contribution in [2.45, 2.75) is 13.3 Å². The Morgan fingerprint density at radius 3 is 2.50 bits per heavy atom. The summed E-state index contributed by atoms with van der Waals surface area (Å²) in [6, 6.07) is 18.2. The highest BCUT2D eigenvalue weighted by Crippen LogP contribution is 2.13. The summed E-state index contributed by atoms with van der Waals surface area (Å²) >= 11 is 0. The first kappa shape index (κ1) is 17.4. The van der Waals surface area contributed by atoms with Gasteiger partial charge in [-0.25, -0.2) is 4.98 Å². The van der Waals surface area contributed by atoms with Crippen molar-refractivity contribution in [2.75, 3.05) is 6.61 Å². The standard InChI is InChI=1S/C20H19N3O3/c1-2-26-16-10-7-14(8-11-16)13-19(24)22-23-20(25)18-12-9-15-5-3-4-6-17(15)21-18/h3-12H,2,13H2,1H3,(H,22,24)(H,23,25). The van der Waals surface area contributed by atoms with Crippen molar-refractivity contribution in [1.82, 2.24) is 15.8 Å². The number of ether oxygens (including phenoxy) is 1. The summed E-state index contributed by atoms with van der Waals surface area (Å²) in [5.74, 6) is -0.0218. The number of nitrogens with one attached hydrogen (secondary N) is 2. The highest BCUT2D eigenvalue weighted by atomic mass is 16.5. The summed E-state index contributed by atoms with van der Waals surface area (Å²) in [7, 11) is 0. The molecule has 2 N–H and O–H groups in total. The first-order valence-electron chi connectivity index (χ1n) is 8.32. The fourth-order valence-electron chi connectivity index (χ4n) is 2.48. The molecule has 0 aliphatic carbocycles. The van der Waals surface area contributed by atoms with E-state index < -0.39 is 5.91 Å². The minimum atomic E-state index is -0.462. The number of carbonyl (C=O) groups is 2. The smallest absolute Gasteiger partial charge is 0.288 e. The van der Waals surface area contributed by atoms with E-state index in [1.54, 1.807) is 6.07 Å². The van der Waals surface area contributed by atoms with Gasteiger partial charge in [-0.05, 0) is 36.8 Å². The van der Waals surface area contributed by atoms with E-state index in [0.717, 1.165) is 22.2 Å². The zero-order valence-electron chi connectivity index (χ0n) is 14.4. The third-order valence-corrected chi connectivity index (χ3v) is 3.75. The molecule has 0 bridgehead atoms. The molecule has 0 saturated heterocycles. The SMILES string of the molecule is CCOc1ccc(CC(=O)NNC(=O)c2ccc3ccccc3n2)cc1. The van der Waals surface area contributed by atoms with Crippen LogP contribution in [0.15, 0.2) is 60.7 Å². The predicted octanol–water partition coefficient (Wildman–Crippen LogP) is 2.64. The molecule has 1 heterocycles. The molecule has 0 saturated carbocycles. The highest BCUT2D eigenvalue weighted by molar-refractivity contribution is 5.96.